The van der Waals surface area contributed by atoms with Crippen molar-refractivity contribution < 1.29 is 4.79 Å². The third kappa shape index (κ3) is 3.34. The molecule has 3 rings (SSSR count). The molecule has 1 aliphatic carbocycles. The third-order valence-electron chi connectivity index (χ3n) is 4.25. The van der Waals surface area contributed by atoms with Gasteiger partial charge in [0.2, 0.25) is 0 Å². The average molecular weight is 346 g/mol. The number of aryl methyl sites for hydroxylation is 1. The average Bonchev–Trinajstić information content (AvgIpc) is 3.26. The molecule has 2 aromatic rings. The van der Waals surface area contributed by atoms with Crippen LogP contribution < -0.4 is 5.32 Å². The molecule has 0 saturated heterocycles. The second kappa shape index (κ2) is 6.98. The Kier molecular flexibility index (Phi) is 4.95. The van der Waals surface area contributed by atoms with E-state index in [1.807, 2.05) is 28.9 Å². The monoisotopic (exact) mass is 345 g/mol. The summed E-state index contributed by atoms with van der Waals surface area (Å²) in [7, 11) is 0. The highest BCUT2D eigenvalue weighted by molar-refractivity contribution is 6.32. The van der Waals surface area contributed by atoms with Gasteiger partial charge in [0.1, 0.15) is 0 Å². The zero-order chi connectivity index (χ0) is 17.3. The Hall–Kier alpha value is -1.81. The van der Waals surface area contributed by atoms with E-state index < -0.39 is 0 Å². The van der Waals surface area contributed by atoms with Gasteiger partial charge in [-0.1, -0.05) is 50.9 Å². The molecule has 1 heterocycles. The molecule has 1 saturated carbocycles. The Labute approximate surface area is 148 Å². The van der Waals surface area contributed by atoms with E-state index in [9.17, 15) is 4.79 Å². The highest BCUT2D eigenvalue weighted by Gasteiger charge is 2.30. The quantitative estimate of drug-likeness (QED) is 0.838. The Morgan fingerprint density at radius 3 is 2.67 bits per heavy atom. The van der Waals surface area contributed by atoms with Crippen LogP contribution in [-0.2, 0) is 6.42 Å². The molecule has 0 radical (unpaired) electrons. The van der Waals surface area contributed by atoms with Crippen LogP contribution >= 0.6 is 11.6 Å². The summed E-state index contributed by atoms with van der Waals surface area (Å²) in [4.78, 5) is 12.8. The molecule has 0 spiro atoms. The van der Waals surface area contributed by atoms with Gasteiger partial charge in [0, 0.05) is 6.04 Å². The molecule has 1 fully saturated rings. The van der Waals surface area contributed by atoms with Crippen molar-refractivity contribution in [1.29, 1.82) is 0 Å². The summed E-state index contributed by atoms with van der Waals surface area (Å²) < 4.78 is 1.86. The van der Waals surface area contributed by atoms with Crippen LogP contribution in [0.4, 0.5) is 0 Å². The summed E-state index contributed by atoms with van der Waals surface area (Å²) in [6.07, 6.45) is 3.88. The molecule has 0 bridgehead atoms. The number of aromatic nitrogens is 2. The molecule has 1 amide bonds. The Morgan fingerprint density at radius 2 is 2.08 bits per heavy atom. The molecule has 128 valence electrons. The molecule has 24 heavy (non-hydrogen) atoms. The van der Waals surface area contributed by atoms with Crippen molar-refractivity contribution in [2.24, 2.45) is 0 Å². The highest BCUT2D eigenvalue weighted by atomic mass is 35.5. The maximum Gasteiger partial charge on any atom is 0.255 e. The van der Waals surface area contributed by atoms with Gasteiger partial charge in [-0.2, -0.15) is 5.10 Å². The molecule has 0 atom stereocenters. The van der Waals surface area contributed by atoms with Crippen molar-refractivity contribution in [3.05, 3.63) is 46.2 Å². The van der Waals surface area contributed by atoms with Crippen molar-refractivity contribution >= 4 is 17.5 Å². The SMILES string of the molecule is CCCc1nn(-c2ccccc2Cl)c(C(C)C)c1C(=O)NC1CC1. The minimum atomic E-state index is 0.00273. The number of carbonyl (C=O) groups excluding carboxylic acids is 1. The van der Waals surface area contributed by atoms with Crippen molar-refractivity contribution in [2.75, 3.05) is 0 Å². The number of benzene rings is 1. The lowest BCUT2D eigenvalue weighted by atomic mass is 10.0. The molecular formula is C19H24ClN3O. The number of carbonyl (C=O) groups is 1. The highest BCUT2D eigenvalue weighted by Crippen LogP contribution is 2.30. The predicted molar refractivity (Wildman–Crippen MR) is 97.1 cm³/mol. The molecule has 1 aromatic carbocycles. The first-order valence-corrected chi connectivity index (χ1v) is 9.08. The lowest BCUT2D eigenvalue weighted by Gasteiger charge is -2.14. The van der Waals surface area contributed by atoms with E-state index in [1.54, 1.807) is 0 Å². The molecule has 4 nitrogen and oxygen atoms in total. The smallest absolute Gasteiger partial charge is 0.255 e. The van der Waals surface area contributed by atoms with E-state index in [4.69, 9.17) is 16.7 Å². The Balaban J connectivity index is 2.15. The standard InChI is InChI=1S/C19H24ClN3O/c1-4-7-15-17(19(24)21-13-10-11-13)18(12(2)3)23(22-15)16-9-6-5-8-14(16)20/h5-6,8-9,12-13H,4,7,10-11H2,1-3H3,(H,21,24). The second-order valence-electron chi connectivity index (χ2n) is 6.72. The largest absolute Gasteiger partial charge is 0.349 e. The number of hydrogen-bond donors (Lipinski definition) is 1. The van der Waals surface area contributed by atoms with Crippen molar-refractivity contribution in [1.82, 2.24) is 15.1 Å². The van der Waals surface area contributed by atoms with Crippen molar-refractivity contribution in [2.45, 2.75) is 58.4 Å². The molecule has 1 aliphatic rings. The normalized spacial score (nSPS) is 14.2. The minimum absolute atomic E-state index is 0.00273. The topological polar surface area (TPSA) is 46.9 Å². The van der Waals surface area contributed by atoms with Crippen LogP contribution in [0.1, 0.15) is 67.7 Å². The van der Waals surface area contributed by atoms with Gasteiger partial charge in [-0.05, 0) is 37.3 Å². The number of hydrogen-bond acceptors (Lipinski definition) is 2. The van der Waals surface area contributed by atoms with Crippen molar-refractivity contribution in [3.63, 3.8) is 0 Å². The molecule has 0 aliphatic heterocycles. The number of nitrogens with zero attached hydrogens (tertiary/aromatic N) is 2. The van der Waals surface area contributed by atoms with Gasteiger partial charge in [-0.15, -0.1) is 0 Å². The van der Waals surface area contributed by atoms with Gasteiger partial charge in [0.05, 0.1) is 27.7 Å². The zero-order valence-corrected chi connectivity index (χ0v) is 15.2. The van der Waals surface area contributed by atoms with E-state index in [-0.39, 0.29) is 11.8 Å². The van der Waals surface area contributed by atoms with Crippen LogP contribution in [0.2, 0.25) is 5.02 Å². The lowest BCUT2D eigenvalue weighted by Crippen LogP contribution is -2.27. The van der Waals surface area contributed by atoms with Gasteiger partial charge >= 0.3 is 0 Å². The summed E-state index contributed by atoms with van der Waals surface area (Å²) in [5, 5.41) is 8.53. The maximum absolute atomic E-state index is 12.8. The van der Waals surface area contributed by atoms with E-state index in [0.29, 0.717) is 11.1 Å². The lowest BCUT2D eigenvalue weighted by molar-refractivity contribution is 0.0948. The molecular weight excluding hydrogens is 322 g/mol. The summed E-state index contributed by atoms with van der Waals surface area (Å²) >= 11 is 6.39. The molecule has 5 heteroatoms. The number of para-hydroxylation sites is 1. The second-order valence-corrected chi connectivity index (χ2v) is 7.13. The fraction of sp³-hybridized carbons (Fsp3) is 0.474. The molecule has 1 aromatic heterocycles. The molecule has 0 unspecified atom stereocenters. The van der Waals surface area contributed by atoms with Gasteiger partial charge in [-0.3, -0.25) is 4.79 Å². The number of amides is 1. The van der Waals surface area contributed by atoms with Gasteiger partial charge in [0.15, 0.2) is 0 Å². The Bertz CT molecular complexity index is 747. The minimum Gasteiger partial charge on any atom is -0.349 e. The first-order valence-electron chi connectivity index (χ1n) is 8.70. The Morgan fingerprint density at radius 1 is 1.38 bits per heavy atom. The van der Waals surface area contributed by atoms with Gasteiger partial charge < -0.3 is 5.32 Å². The summed E-state index contributed by atoms with van der Waals surface area (Å²) in [5.41, 5.74) is 3.35. The number of rotatable bonds is 6. The number of halogens is 1. The fourth-order valence-corrected chi connectivity index (χ4v) is 3.18. The van der Waals surface area contributed by atoms with Gasteiger partial charge in [-0.25, -0.2) is 4.68 Å². The molecule has 1 N–H and O–H groups in total. The van der Waals surface area contributed by atoms with Crippen LogP contribution in [0.15, 0.2) is 24.3 Å². The van der Waals surface area contributed by atoms with Crippen LogP contribution in [-0.4, -0.2) is 21.7 Å². The van der Waals surface area contributed by atoms with Crippen LogP contribution in [0.3, 0.4) is 0 Å². The van der Waals surface area contributed by atoms with E-state index in [0.717, 1.165) is 48.3 Å². The van der Waals surface area contributed by atoms with Crippen LogP contribution in [0.25, 0.3) is 5.69 Å². The maximum atomic E-state index is 12.8. The van der Waals surface area contributed by atoms with E-state index in [1.165, 1.54) is 0 Å². The van der Waals surface area contributed by atoms with Crippen molar-refractivity contribution in [3.8, 4) is 5.69 Å². The van der Waals surface area contributed by atoms with E-state index >= 15 is 0 Å². The van der Waals surface area contributed by atoms with E-state index in [2.05, 4.69) is 26.1 Å². The van der Waals surface area contributed by atoms with Gasteiger partial charge in [0.25, 0.3) is 5.91 Å². The third-order valence-corrected chi connectivity index (χ3v) is 4.57. The summed E-state index contributed by atoms with van der Waals surface area (Å²) in [5.74, 6) is 0.169. The summed E-state index contributed by atoms with van der Waals surface area (Å²) in [6.45, 7) is 6.29. The van der Waals surface area contributed by atoms with Crippen LogP contribution in [0.5, 0.6) is 0 Å². The first kappa shape index (κ1) is 17.0. The number of nitrogens with one attached hydrogen (secondary N) is 1. The van der Waals surface area contributed by atoms with Crippen LogP contribution in [0, 0.1) is 0 Å². The zero-order valence-electron chi connectivity index (χ0n) is 14.5. The predicted octanol–water partition coefficient (Wildman–Crippen LogP) is 4.49. The summed E-state index contributed by atoms with van der Waals surface area (Å²) in [6, 6.07) is 7.97. The fourth-order valence-electron chi connectivity index (χ4n) is 2.96. The first-order chi connectivity index (χ1) is 11.5.